The first kappa shape index (κ1) is 12.2. The van der Waals surface area contributed by atoms with Crippen molar-refractivity contribution in [1.29, 1.82) is 5.41 Å². The molecule has 0 bridgehead atoms. The van der Waals surface area contributed by atoms with Crippen molar-refractivity contribution in [2.45, 2.75) is 36.4 Å². The van der Waals surface area contributed by atoms with E-state index in [1.165, 1.54) is 17.3 Å². The Hall–Kier alpha value is -1.82. The number of rotatable bonds is 3. The average molecular weight is 274 g/mol. The number of fused-ring (bicyclic) bond motifs is 1. The lowest BCUT2D eigenvalue weighted by Gasteiger charge is -2.08. The van der Waals surface area contributed by atoms with Gasteiger partial charge < -0.3 is 10.2 Å². The number of hydrogen-bond acceptors (Lipinski definition) is 5. The van der Waals surface area contributed by atoms with Crippen molar-refractivity contribution in [3.05, 3.63) is 34.8 Å². The lowest BCUT2D eigenvalue weighted by Crippen LogP contribution is -2.14. The van der Waals surface area contributed by atoms with E-state index in [2.05, 4.69) is 9.97 Å². The van der Waals surface area contributed by atoms with E-state index in [4.69, 9.17) is 15.6 Å². The van der Waals surface area contributed by atoms with Crippen LogP contribution in [0.1, 0.15) is 28.9 Å². The molecule has 3 rings (SSSR count). The Bertz CT molecular complexity index is 650. The van der Waals surface area contributed by atoms with Gasteiger partial charge >= 0.3 is 0 Å². The predicted molar refractivity (Wildman–Crippen MR) is 72.6 cm³/mol. The number of pyridine rings is 1. The van der Waals surface area contributed by atoms with E-state index in [1.807, 2.05) is 13.0 Å². The molecule has 0 aliphatic heterocycles. The van der Waals surface area contributed by atoms with E-state index in [-0.39, 0.29) is 5.84 Å². The van der Waals surface area contributed by atoms with Crippen LogP contribution in [0.25, 0.3) is 0 Å². The number of nitrogens with one attached hydrogen (secondary N) is 1. The number of oxazole rings is 1. The van der Waals surface area contributed by atoms with Crippen LogP contribution in [0.4, 0.5) is 0 Å². The third-order valence-electron chi connectivity index (χ3n) is 3.09. The zero-order valence-corrected chi connectivity index (χ0v) is 11.4. The molecule has 1 aliphatic rings. The number of nitrogens with two attached hydrogens (primary N) is 1. The summed E-state index contributed by atoms with van der Waals surface area (Å²) in [5, 5.41) is 8.92. The quantitative estimate of drug-likeness (QED) is 0.662. The maximum absolute atomic E-state index is 7.68. The standard InChI is InChI=1S/C13H14N4OS/c1-7-6-18-13(16-7)19-12-9(11(14)15)5-8-3-2-4-10(8)17-12/h5-6H,2-4H2,1H3,(H3,14,15). The highest BCUT2D eigenvalue weighted by Crippen LogP contribution is 2.32. The highest BCUT2D eigenvalue weighted by atomic mass is 32.2. The minimum atomic E-state index is 0.0352. The minimum Gasteiger partial charge on any atom is -0.439 e. The third kappa shape index (κ3) is 2.35. The van der Waals surface area contributed by atoms with Crippen LogP contribution in [0.3, 0.4) is 0 Å². The molecule has 0 saturated heterocycles. The second kappa shape index (κ2) is 4.70. The summed E-state index contributed by atoms with van der Waals surface area (Å²) < 4.78 is 5.32. The Morgan fingerprint density at radius 3 is 2.95 bits per heavy atom. The maximum Gasteiger partial charge on any atom is 0.262 e. The first-order chi connectivity index (χ1) is 9.13. The Morgan fingerprint density at radius 2 is 2.26 bits per heavy atom. The SMILES string of the molecule is Cc1coc(Sc2nc3c(cc2C(=N)N)CCC3)n1. The zero-order chi connectivity index (χ0) is 13.4. The summed E-state index contributed by atoms with van der Waals surface area (Å²) >= 11 is 1.32. The molecule has 0 saturated carbocycles. The van der Waals surface area contributed by atoms with Gasteiger partial charge in [-0.3, -0.25) is 5.41 Å². The summed E-state index contributed by atoms with van der Waals surface area (Å²) in [6.07, 6.45) is 4.73. The highest BCUT2D eigenvalue weighted by molar-refractivity contribution is 7.99. The molecule has 3 N–H and O–H groups in total. The van der Waals surface area contributed by atoms with Crippen molar-refractivity contribution in [3.8, 4) is 0 Å². The van der Waals surface area contributed by atoms with Crippen LogP contribution < -0.4 is 5.73 Å². The van der Waals surface area contributed by atoms with E-state index in [9.17, 15) is 0 Å². The van der Waals surface area contributed by atoms with E-state index in [1.54, 1.807) is 6.26 Å². The van der Waals surface area contributed by atoms with Crippen molar-refractivity contribution in [2.75, 3.05) is 0 Å². The van der Waals surface area contributed by atoms with Crippen molar-refractivity contribution >= 4 is 17.6 Å². The number of amidine groups is 1. The molecule has 6 heteroatoms. The second-order valence-electron chi connectivity index (χ2n) is 4.57. The fourth-order valence-electron chi connectivity index (χ4n) is 2.19. The summed E-state index contributed by atoms with van der Waals surface area (Å²) in [6, 6.07) is 1.98. The number of aromatic nitrogens is 2. The van der Waals surface area contributed by atoms with Gasteiger partial charge in [0.2, 0.25) is 0 Å². The Labute approximate surface area is 115 Å². The molecular formula is C13H14N4OS. The normalized spacial score (nSPS) is 13.5. The molecule has 1 aliphatic carbocycles. The number of nitrogens with zero attached hydrogens (tertiary/aromatic N) is 2. The van der Waals surface area contributed by atoms with Crippen molar-refractivity contribution in [3.63, 3.8) is 0 Å². The highest BCUT2D eigenvalue weighted by Gasteiger charge is 2.19. The Kier molecular flexibility index (Phi) is 3.02. The van der Waals surface area contributed by atoms with Gasteiger partial charge in [0.15, 0.2) is 0 Å². The van der Waals surface area contributed by atoms with Gasteiger partial charge in [0.1, 0.15) is 17.1 Å². The van der Waals surface area contributed by atoms with Crippen LogP contribution >= 0.6 is 11.8 Å². The molecule has 0 aromatic carbocycles. The molecule has 19 heavy (non-hydrogen) atoms. The van der Waals surface area contributed by atoms with Crippen molar-refractivity contribution in [1.82, 2.24) is 9.97 Å². The lowest BCUT2D eigenvalue weighted by atomic mass is 10.1. The summed E-state index contributed by atoms with van der Waals surface area (Å²) in [5.74, 6) is 0.0352. The maximum atomic E-state index is 7.68. The lowest BCUT2D eigenvalue weighted by molar-refractivity contribution is 0.453. The summed E-state index contributed by atoms with van der Waals surface area (Å²) in [4.78, 5) is 8.87. The first-order valence-electron chi connectivity index (χ1n) is 6.10. The summed E-state index contributed by atoms with van der Waals surface area (Å²) in [7, 11) is 0. The van der Waals surface area contributed by atoms with E-state index >= 15 is 0 Å². The molecule has 2 aromatic heterocycles. The summed E-state index contributed by atoms with van der Waals surface area (Å²) in [5.41, 5.74) is 9.46. The van der Waals surface area contributed by atoms with Crippen molar-refractivity contribution < 1.29 is 4.42 Å². The van der Waals surface area contributed by atoms with Crippen LogP contribution in [-0.2, 0) is 12.8 Å². The van der Waals surface area contributed by atoms with Gasteiger partial charge in [-0.15, -0.1) is 0 Å². The molecule has 0 atom stereocenters. The van der Waals surface area contributed by atoms with E-state index < -0.39 is 0 Å². The Balaban J connectivity index is 2.01. The van der Waals surface area contributed by atoms with Gasteiger partial charge in [0, 0.05) is 11.3 Å². The zero-order valence-electron chi connectivity index (χ0n) is 10.6. The molecule has 0 radical (unpaired) electrons. The smallest absolute Gasteiger partial charge is 0.262 e. The predicted octanol–water partition coefficient (Wildman–Crippen LogP) is 2.30. The number of hydrogen-bond donors (Lipinski definition) is 2. The van der Waals surface area contributed by atoms with Gasteiger partial charge in [0.05, 0.1) is 5.69 Å². The van der Waals surface area contributed by atoms with Gasteiger partial charge in [0.25, 0.3) is 5.22 Å². The van der Waals surface area contributed by atoms with Gasteiger partial charge in [-0.05, 0) is 49.6 Å². The third-order valence-corrected chi connectivity index (χ3v) is 3.95. The van der Waals surface area contributed by atoms with Gasteiger partial charge in [-0.1, -0.05) is 0 Å². The second-order valence-corrected chi connectivity index (χ2v) is 5.51. The molecule has 0 unspecified atom stereocenters. The van der Waals surface area contributed by atoms with Crippen LogP contribution in [0.2, 0.25) is 0 Å². The van der Waals surface area contributed by atoms with Crippen LogP contribution in [-0.4, -0.2) is 15.8 Å². The molecule has 5 nitrogen and oxygen atoms in total. The average Bonchev–Trinajstić information content (AvgIpc) is 2.96. The summed E-state index contributed by atoms with van der Waals surface area (Å²) in [6.45, 7) is 1.87. The topological polar surface area (TPSA) is 88.8 Å². The van der Waals surface area contributed by atoms with Crippen LogP contribution in [0, 0.1) is 12.3 Å². The monoisotopic (exact) mass is 274 g/mol. The molecular weight excluding hydrogens is 260 g/mol. The van der Waals surface area contributed by atoms with Gasteiger partial charge in [-0.2, -0.15) is 0 Å². The largest absolute Gasteiger partial charge is 0.439 e. The molecule has 2 heterocycles. The Morgan fingerprint density at radius 1 is 1.42 bits per heavy atom. The fourth-order valence-corrected chi connectivity index (χ4v) is 3.07. The molecule has 2 aromatic rings. The number of aryl methyl sites for hydroxylation is 3. The molecule has 98 valence electrons. The molecule has 0 amide bonds. The number of nitrogen functional groups attached to an aromatic ring is 1. The first-order valence-corrected chi connectivity index (χ1v) is 6.92. The van der Waals surface area contributed by atoms with Crippen molar-refractivity contribution in [2.24, 2.45) is 5.73 Å². The fraction of sp³-hybridized carbons (Fsp3) is 0.308. The van der Waals surface area contributed by atoms with E-state index in [0.717, 1.165) is 30.7 Å². The van der Waals surface area contributed by atoms with Crippen LogP contribution in [0.5, 0.6) is 0 Å². The minimum absolute atomic E-state index is 0.0352. The molecule has 0 fully saturated rings. The van der Waals surface area contributed by atoms with E-state index in [0.29, 0.717) is 15.8 Å². The van der Waals surface area contributed by atoms with Gasteiger partial charge in [-0.25, -0.2) is 9.97 Å². The molecule has 0 spiro atoms. The van der Waals surface area contributed by atoms with Crippen LogP contribution in [0.15, 0.2) is 27.0 Å².